The largest absolute Gasteiger partial charge is 0.480 e. The molecule has 0 aromatic carbocycles. The lowest BCUT2D eigenvalue weighted by molar-refractivity contribution is -0.116. The second kappa shape index (κ2) is 3.80. The van der Waals surface area contributed by atoms with Gasteiger partial charge in [-0.2, -0.15) is 5.10 Å². The first-order valence-corrected chi connectivity index (χ1v) is 3.58. The molecule has 1 heterocycles. The van der Waals surface area contributed by atoms with E-state index in [0.29, 0.717) is 18.0 Å². The summed E-state index contributed by atoms with van der Waals surface area (Å²) in [6.45, 7) is 1.52. The summed E-state index contributed by atoms with van der Waals surface area (Å²) in [7, 11) is 1.52. The minimum atomic E-state index is 0.0782. The van der Waals surface area contributed by atoms with E-state index >= 15 is 0 Å². The van der Waals surface area contributed by atoms with Crippen LogP contribution in [-0.4, -0.2) is 23.1 Å². The van der Waals surface area contributed by atoms with Crippen molar-refractivity contribution in [3.8, 4) is 5.88 Å². The summed E-state index contributed by atoms with van der Waals surface area (Å²) in [5.41, 5.74) is 0.670. The molecule has 4 heteroatoms. The fourth-order valence-electron chi connectivity index (χ4n) is 0.806. The third-order valence-corrected chi connectivity index (χ3v) is 1.33. The van der Waals surface area contributed by atoms with E-state index in [0.717, 1.165) is 0 Å². The van der Waals surface area contributed by atoms with Crippen molar-refractivity contribution in [2.75, 3.05) is 7.11 Å². The van der Waals surface area contributed by atoms with Crippen molar-refractivity contribution in [1.82, 2.24) is 10.2 Å². The summed E-state index contributed by atoms with van der Waals surface area (Å²) >= 11 is 0. The molecule has 0 unspecified atom stereocenters. The molecule has 0 spiro atoms. The predicted molar refractivity (Wildman–Crippen MR) is 43.0 cm³/mol. The van der Waals surface area contributed by atoms with Gasteiger partial charge in [0.15, 0.2) is 0 Å². The molecule has 64 valence electrons. The fourth-order valence-corrected chi connectivity index (χ4v) is 0.806. The van der Waals surface area contributed by atoms with Gasteiger partial charge in [0.05, 0.1) is 19.2 Å². The van der Waals surface area contributed by atoms with E-state index in [9.17, 15) is 4.79 Å². The number of ketones is 1. The quantitative estimate of drug-likeness (QED) is 0.660. The van der Waals surface area contributed by atoms with Crippen molar-refractivity contribution in [2.45, 2.75) is 13.3 Å². The zero-order valence-electron chi connectivity index (χ0n) is 7.07. The van der Waals surface area contributed by atoms with Gasteiger partial charge in [-0.05, 0) is 13.0 Å². The Morgan fingerprint density at radius 2 is 2.25 bits per heavy atom. The van der Waals surface area contributed by atoms with Crippen molar-refractivity contribution in [3.63, 3.8) is 0 Å². The molecule has 0 amide bonds. The van der Waals surface area contributed by atoms with Crippen LogP contribution in [0.1, 0.15) is 12.6 Å². The molecular weight excluding hydrogens is 156 g/mol. The summed E-state index contributed by atoms with van der Waals surface area (Å²) in [6.07, 6.45) is 0.330. The van der Waals surface area contributed by atoms with Crippen LogP contribution in [0.3, 0.4) is 0 Å². The Labute approximate surface area is 70.6 Å². The van der Waals surface area contributed by atoms with Gasteiger partial charge >= 0.3 is 0 Å². The Kier molecular flexibility index (Phi) is 2.74. The Bertz CT molecular complexity index is 269. The van der Waals surface area contributed by atoms with E-state index in [2.05, 4.69) is 10.2 Å². The maximum Gasteiger partial charge on any atom is 0.233 e. The van der Waals surface area contributed by atoms with Crippen LogP contribution in [0.15, 0.2) is 12.1 Å². The van der Waals surface area contributed by atoms with Crippen molar-refractivity contribution in [2.24, 2.45) is 0 Å². The number of nitrogens with zero attached hydrogens (tertiary/aromatic N) is 2. The van der Waals surface area contributed by atoms with Gasteiger partial charge in [-0.3, -0.25) is 4.79 Å². The van der Waals surface area contributed by atoms with Gasteiger partial charge in [0.25, 0.3) is 0 Å². The standard InChI is InChI=1S/C8H10N2O2/c1-6(11)5-7-3-4-8(12-2)10-9-7/h3-4H,5H2,1-2H3. The molecule has 0 radical (unpaired) electrons. The number of carbonyl (C=O) groups is 1. The summed E-state index contributed by atoms with van der Waals surface area (Å²) in [5.74, 6) is 0.539. The van der Waals surface area contributed by atoms with Gasteiger partial charge in [-0.1, -0.05) is 0 Å². The van der Waals surface area contributed by atoms with E-state index in [1.54, 1.807) is 12.1 Å². The van der Waals surface area contributed by atoms with E-state index in [1.165, 1.54) is 14.0 Å². The molecule has 0 aliphatic rings. The average molecular weight is 166 g/mol. The van der Waals surface area contributed by atoms with Crippen LogP contribution >= 0.6 is 0 Å². The SMILES string of the molecule is COc1ccc(CC(C)=O)nn1. The van der Waals surface area contributed by atoms with E-state index in [4.69, 9.17) is 4.74 Å². The Balaban J connectivity index is 2.71. The fraction of sp³-hybridized carbons (Fsp3) is 0.375. The number of methoxy groups -OCH3 is 1. The molecule has 0 aliphatic carbocycles. The highest BCUT2D eigenvalue weighted by atomic mass is 16.5. The van der Waals surface area contributed by atoms with Crippen molar-refractivity contribution < 1.29 is 9.53 Å². The molecule has 0 saturated heterocycles. The first-order valence-electron chi connectivity index (χ1n) is 3.58. The smallest absolute Gasteiger partial charge is 0.233 e. The van der Waals surface area contributed by atoms with Gasteiger partial charge in [-0.25, -0.2) is 0 Å². The van der Waals surface area contributed by atoms with E-state index in [-0.39, 0.29) is 5.78 Å². The van der Waals surface area contributed by atoms with Gasteiger partial charge in [0.1, 0.15) is 5.78 Å². The zero-order valence-corrected chi connectivity index (χ0v) is 7.07. The number of hydrogen-bond donors (Lipinski definition) is 0. The molecule has 1 rings (SSSR count). The summed E-state index contributed by atoms with van der Waals surface area (Å²) in [4.78, 5) is 10.7. The number of ether oxygens (including phenoxy) is 1. The lowest BCUT2D eigenvalue weighted by atomic mass is 10.2. The highest BCUT2D eigenvalue weighted by molar-refractivity contribution is 5.77. The third-order valence-electron chi connectivity index (χ3n) is 1.33. The van der Waals surface area contributed by atoms with Crippen molar-refractivity contribution in [3.05, 3.63) is 17.8 Å². The lowest BCUT2D eigenvalue weighted by Crippen LogP contribution is -2.01. The number of hydrogen-bond acceptors (Lipinski definition) is 4. The summed E-state index contributed by atoms with van der Waals surface area (Å²) in [5, 5.41) is 7.52. The van der Waals surface area contributed by atoms with Gasteiger partial charge < -0.3 is 4.74 Å². The molecule has 0 aliphatic heterocycles. The minimum absolute atomic E-state index is 0.0782. The molecule has 4 nitrogen and oxygen atoms in total. The zero-order chi connectivity index (χ0) is 8.97. The second-order valence-electron chi connectivity index (χ2n) is 2.45. The van der Waals surface area contributed by atoms with Crippen LogP contribution in [-0.2, 0) is 11.2 Å². The molecule has 0 fully saturated rings. The topological polar surface area (TPSA) is 52.1 Å². The van der Waals surface area contributed by atoms with Crippen molar-refractivity contribution in [1.29, 1.82) is 0 Å². The van der Waals surface area contributed by atoms with Crippen LogP contribution in [0.2, 0.25) is 0 Å². The molecular formula is C8H10N2O2. The van der Waals surface area contributed by atoms with E-state index < -0.39 is 0 Å². The molecule has 12 heavy (non-hydrogen) atoms. The van der Waals surface area contributed by atoms with Crippen LogP contribution in [0.25, 0.3) is 0 Å². The maximum absolute atomic E-state index is 10.7. The van der Waals surface area contributed by atoms with Gasteiger partial charge in [0, 0.05) is 6.07 Å². The Hall–Kier alpha value is -1.45. The Morgan fingerprint density at radius 1 is 1.50 bits per heavy atom. The Morgan fingerprint density at radius 3 is 2.67 bits per heavy atom. The highest BCUT2D eigenvalue weighted by Crippen LogP contribution is 2.03. The number of rotatable bonds is 3. The number of aromatic nitrogens is 2. The van der Waals surface area contributed by atoms with Gasteiger partial charge in [0.2, 0.25) is 5.88 Å². The monoisotopic (exact) mass is 166 g/mol. The summed E-state index contributed by atoms with van der Waals surface area (Å²) < 4.78 is 4.82. The van der Waals surface area contributed by atoms with E-state index in [1.807, 2.05) is 0 Å². The van der Waals surface area contributed by atoms with Crippen LogP contribution in [0, 0.1) is 0 Å². The van der Waals surface area contributed by atoms with Crippen LogP contribution < -0.4 is 4.74 Å². The first-order chi connectivity index (χ1) is 5.72. The molecule has 0 atom stereocenters. The normalized spacial score (nSPS) is 9.50. The molecule has 0 saturated carbocycles. The maximum atomic E-state index is 10.7. The van der Waals surface area contributed by atoms with Crippen molar-refractivity contribution >= 4 is 5.78 Å². The predicted octanol–water partition coefficient (Wildman–Crippen LogP) is 0.617. The third kappa shape index (κ3) is 2.30. The molecule has 0 bridgehead atoms. The summed E-state index contributed by atoms with van der Waals surface area (Å²) in [6, 6.07) is 3.42. The minimum Gasteiger partial charge on any atom is -0.480 e. The number of carbonyl (C=O) groups excluding carboxylic acids is 1. The van der Waals surface area contributed by atoms with Gasteiger partial charge in [-0.15, -0.1) is 5.10 Å². The average Bonchev–Trinajstić information content (AvgIpc) is 2.05. The molecule has 1 aromatic heterocycles. The molecule has 0 N–H and O–H groups in total. The van der Waals surface area contributed by atoms with Crippen LogP contribution in [0.5, 0.6) is 5.88 Å². The second-order valence-corrected chi connectivity index (χ2v) is 2.45. The molecule has 1 aromatic rings. The lowest BCUT2D eigenvalue weighted by Gasteiger charge is -1.97. The van der Waals surface area contributed by atoms with Crippen LogP contribution in [0.4, 0.5) is 0 Å². The highest BCUT2D eigenvalue weighted by Gasteiger charge is 1.99. The first kappa shape index (κ1) is 8.64. The number of Topliss-reactive ketones (excluding diaryl/α,β-unsaturated/α-hetero) is 1.